The third-order valence-corrected chi connectivity index (χ3v) is 7.02. The van der Waals surface area contributed by atoms with Crippen LogP contribution in [-0.2, 0) is 16.8 Å². The lowest BCUT2D eigenvalue weighted by Gasteiger charge is -2.37. The van der Waals surface area contributed by atoms with Gasteiger partial charge in [-0.2, -0.15) is 0 Å². The van der Waals surface area contributed by atoms with E-state index in [2.05, 4.69) is 40.9 Å². The zero-order valence-corrected chi connectivity index (χ0v) is 19.5. The van der Waals surface area contributed by atoms with Gasteiger partial charge in [-0.05, 0) is 63.9 Å². The van der Waals surface area contributed by atoms with Crippen LogP contribution in [0, 0.1) is 11.7 Å². The highest BCUT2D eigenvalue weighted by molar-refractivity contribution is 5.91. The van der Waals surface area contributed by atoms with Crippen LogP contribution in [0.3, 0.4) is 0 Å². The Bertz CT molecular complexity index is 897. The van der Waals surface area contributed by atoms with Crippen molar-refractivity contribution in [2.45, 2.75) is 37.6 Å². The van der Waals surface area contributed by atoms with E-state index in [0.29, 0.717) is 12.5 Å². The van der Waals surface area contributed by atoms with Crippen molar-refractivity contribution in [2.24, 2.45) is 5.92 Å². The number of piperidine rings is 1. The maximum atomic E-state index is 14.1. The highest BCUT2D eigenvalue weighted by Gasteiger charge is 2.53. The molecule has 0 radical (unpaired) electrons. The second kappa shape index (κ2) is 10.1. The Morgan fingerprint density at radius 3 is 2.47 bits per heavy atom. The Hall–Kier alpha value is -2.24. The van der Waals surface area contributed by atoms with Crippen molar-refractivity contribution in [1.29, 1.82) is 0 Å². The quantitative estimate of drug-likeness (QED) is 0.589. The highest BCUT2D eigenvalue weighted by atomic mass is 19.1. The normalized spacial score (nSPS) is 20.3. The molecule has 0 N–H and O–H groups in total. The van der Waals surface area contributed by atoms with E-state index in [4.69, 9.17) is 0 Å². The van der Waals surface area contributed by atoms with Crippen molar-refractivity contribution in [1.82, 2.24) is 14.7 Å². The molecule has 1 aliphatic carbocycles. The first-order valence-corrected chi connectivity index (χ1v) is 11.9. The largest absolute Gasteiger partial charge is 0.340 e. The van der Waals surface area contributed by atoms with E-state index < -0.39 is 0 Å². The molecule has 172 valence electrons. The van der Waals surface area contributed by atoms with Gasteiger partial charge in [0.1, 0.15) is 5.82 Å². The lowest BCUT2D eigenvalue weighted by molar-refractivity contribution is -0.135. The fraction of sp³-hybridized carbons (Fsp3) is 0.519. The lowest BCUT2D eigenvalue weighted by Crippen LogP contribution is -2.47. The standard InChI is InChI=1S/C27H36FN3O/c1-29(2)17-18-31(26(32)27(14-15-27)24-11-4-3-5-12-24)20-22-9-8-16-30(19-22)21-23-10-6-7-13-25(23)28/h3-7,10-13,22H,8-9,14-21H2,1-2H3/t22-/m1/s1. The molecular formula is C27H36FN3O. The van der Waals surface area contributed by atoms with Gasteiger partial charge in [-0.3, -0.25) is 9.69 Å². The fourth-order valence-corrected chi connectivity index (χ4v) is 5.03. The van der Waals surface area contributed by atoms with E-state index in [-0.39, 0.29) is 17.1 Å². The van der Waals surface area contributed by atoms with Gasteiger partial charge in [0.05, 0.1) is 5.41 Å². The highest BCUT2D eigenvalue weighted by Crippen LogP contribution is 2.49. The molecule has 0 unspecified atom stereocenters. The number of likely N-dealkylation sites (N-methyl/N-ethyl adjacent to an activating group) is 1. The zero-order valence-electron chi connectivity index (χ0n) is 19.5. The minimum Gasteiger partial charge on any atom is -0.340 e. The third kappa shape index (κ3) is 5.38. The van der Waals surface area contributed by atoms with Gasteiger partial charge in [-0.25, -0.2) is 4.39 Å². The summed E-state index contributed by atoms with van der Waals surface area (Å²) in [6.07, 6.45) is 4.10. The minimum atomic E-state index is -0.324. The number of carbonyl (C=O) groups excluding carboxylic acids is 1. The Kier molecular flexibility index (Phi) is 7.27. The number of carbonyl (C=O) groups is 1. The van der Waals surface area contributed by atoms with E-state index in [1.807, 2.05) is 30.3 Å². The number of amides is 1. The Morgan fingerprint density at radius 2 is 1.78 bits per heavy atom. The van der Waals surface area contributed by atoms with Gasteiger partial charge in [-0.15, -0.1) is 0 Å². The molecule has 4 rings (SSSR count). The monoisotopic (exact) mass is 437 g/mol. The minimum absolute atomic E-state index is 0.129. The summed E-state index contributed by atoms with van der Waals surface area (Å²) in [6, 6.07) is 17.4. The van der Waals surface area contributed by atoms with Crippen LogP contribution in [0.4, 0.5) is 4.39 Å². The van der Waals surface area contributed by atoms with Crippen molar-refractivity contribution >= 4 is 5.91 Å². The van der Waals surface area contributed by atoms with Crippen molar-refractivity contribution in [3.05, 3.63) is 71.5 Å². The van der Waals surface area contributed by atoms with Crippen molar-refractivity contribution in [3.8, 4) is 0 Å². The molecule has 0 bridgehead atoms. The van der Waals surface area contributed by atoms with Gasteiger partial charge < -0.3 is 9.80 Å². The maximum absolute atomic E-state index is 14.1. The molecule has 0 spiro atoms. The molecule has 2 aromatic rings. The summed E-state index contributed by atoms with van der Waals surface area (Å²) in [5, 5.41) is 0. The molecule has 2 fully saturated rings. The fourth-order valence-electron chi connectivity index (χ4n) is 5.03. The van der Waals surface area contributed by atoms with E-state index in [1.54, 1.807) is 6.07 Å². The van der Waals surface area contributed by atoms with Gasteiger partial charge in [0.25, 0.3) is 0 Å². The molecule has 1 saturated carbocycles. The van der Waals surface area contributed by atoms with Crippen molar-refractivity contribution < 1.29 is 9.18 Å². The van der Waals surface area contributed by atoms with Crippen LogP contribution in [0.25, 0.3) is 0 Å². The molecule has 0 aromatic heterocycles. The Balaban J connectivity index is 1.44. The number of hydrogen-bond acceptors (Lipinski definition) is 3. The zero-order chi connectivity index (χ0) is 22.6. The summed E-state index contributed by atoms with van der Waals surface area (Å²) in [5.41, 5.74) is 1.59. The van der Waals surface area contributed by atoms with E-state index in [1.165, 1.54) is 6.07 Å². The smallest absolute Gasteiger partial charge is 0.233 e. The Labute approximate surface area is 192 Å². The van der Waals surface area contributed by atoms with Crippen LogP contribution in [0.5, 0.6) is 0 Å². The first kappa shape index (κ1) is 22.9. The van der Waals surface area contributed by atoms with Crippen LogP contribution in [0.2, 0.25) is 0 Å². The van der Waals surface area contributed by atoms with Crippen LogP contribution >= 0.6 is 0 Å². The summed E-state index contributed by atoms with van der Waals surface area (Å²) in [7, 11) is 4.12. The number of rotatable bonds is 9. The topological polar surface area (TPSA) is 26.8 Å². The SMILES string of the molecule is CN(C)CCN(C[C@@H]1CCCN(Cc2ccccc2F)C1)C(=O)C1(c2ccccc2)CC1. The number of nitrogens with zero attached hydrogens (tertiary/aromatic N) is 3. The first-order chi connectivity index (χ1) is 15.5. The molecule has 2 aliphatic rings. The summed E-state index contributed by atoms with van der Waals surface area (Å²) in [6.45, 7) is 4.95. The summed E-state index contributed by atoms with van der Waals surface area (Å²) >= 11 is 0. The van der Waals surface area contributed by atoms with Crippen LogP contribution in [0.15, 0.2) is 54.6 Å². The maximum Gasteiger partial charge on any atom is 0.233 e. The number of likely N-dealkylation sites (tertiary alicyclic amines) is 1. The van der Waals surface area contributed by atoms with Crippen molar-refractivity contribution in [3.63, 3.8) is 0 Å². The number of halogens is 1. The average Bonchev–Trinajstić information content (AvgIpc) is 3.61. The average molecular weight is 438 g/mol. The molecule has 1 saturated heterocycles. The molecule has 1 aliphatic heterocycles. The summed E-state index contributed by atoms with van der Waals surface area (Å²) < 4.78 is 14.1. The van der Waals surface area contributed by atoms with Crippen LogP contribution in [0.1, 0.15) is 36.8 Å². The molecular weight excluding hydrogens is 401 g/mol. The van der Waals surface area contributed by atoms with E-state index >= 15 is 0 Å². The molecule has 32 heavy (non-hydrogen) atoms. The van der Waals surface area contributed by atoms with Crippen molar-refractivity contribution in [2.75, 3.05) is 46.8 Å². The summed E-state index contributed by atoms with van der Waals surface area (Å²) in [5.74, 6) is 0.584. The van der Waals surface area contributed by atoms with Crippen LogP contribution in [-0.4, -0.2) is 67.4 Å². The summed E-state index contributed by atoms with van der Waals surface area (Å²) in [4.78, 5) is 20.4. The van der Waals surface area contributed by atoms with Gasteiger partial charge in [0.2, 0.25) is 5.91 Å². The second-order valence-corrected chi connectivity index (χ2v) is 9.84. The van der Waals surface area contributed by atoms with E-state index in [0.717, 1.165) is 69.5 Å². The molecule has 2 aromatic carbocycles. The van der Waals surface area contributed by atoms with E-state index in [9.17, 15) is 9.18 Å². The molecule has 1 amide bonds. The first-order valence-electron chi connectivity index (χ1n) is 11.9. The predicted molar refractivity (Wildman–Crippen MR) is 127 cm³/mol. The molecule has 5 heteroatoms. The lowest BCUT2D eigenvalue weighted by atomic mass is 9.92. The molecule has 1 heterocycles. The molecule has 1 atom stereocenters. The second-order valence-electron chi connectivity index (χ2n) is 9.84. The van der Waals surface area contributed by atoms with Gasteiger partial charge in [0, 0.05) is 38.3 Å². The molecule has 4 nitrogen and oxygen atoms in total. The van der Waals surface area contributed by atoms with Crippen LogP contribution < -0.4 is 0 Å². The van der Waals surface area contributed by atoms with Gasteiger partial charge >= 0.3 is 0 Å². The van der Waals surface area contributed by atoms with Gasteiger partial charge in [-0.1, -0.05) is 48.5 Å². The third-order valence-electron chi connectivity index (χ3n) is 7.02. The number of hydrogen-bond donors (Lipinski definition) is 0. The predicted octanol–water partition coefficient (Wildman–Crippen LogP) is 4.16. The number of benzene rings is 2. The van der Waals surface area contributed by atoms with Gasteiger partial charge in [0.15, 0.2) is 0 Å². The Morgan fingerprint density at radius 1 is 1.06 bits per heavy atom.